The minimum absolute atomic E-state index is 0.347. The zero-order chi connectivity index (χ0) is 23.2. The van der Waals surface area contributed by atoms with Crippen LogP contribution in [0.25, 0.3) is 0 Å². The summed E-state index contributed by atoms with van der Waals surface area (Å²) in [6.07, 6.45) is 14.9. The van der Waals surface area contributed by atoms with Crippen molar-refractivity contribution in [3.05, 3.63) is 0 Å². The first-order chi connectivity index (χ1) is 14.8. The summed E-state index contributed by atoms with van der Waals surface area (Å²) in [5, 5.41) is 9.68. The minimum Gasteiger partial charge on any atom is -0.396 e. The first kappa shape index (κ1) is 27.2. The van der Waals surface area contributed by atoms with Crippen LogP contribution in [0.15, 0.2) is 0 Å². The van der Waals surface area contributed by atoms with Crippen LogP contribution in [-0.2, 0) is 0 Å². The quantitative estimate of drug-likeness (QED) is 0.390. The molecule has 0 heterocycles. The molecule has 3 fully saturated rings. The molecule has 0 aromatic rings. The molecule has 3 aliphatic carbocycles. The maximum atomic E-state index is 9.68. The highest BCUT2D eigenvalue weighted by atomic mass is 16.3. The molecule has 3 rings (SSSR count). The van der Waals surface area contributed by atoms with Gasteiger partial charge < -0.3 is 10.8 Å². The second-order valence-corrected chi connectivity index (χ2v) is 12.2. The van der Waals surface area contributed by atoms with E-state index >= 15 is 0 Å². The maximum absolute atomic E-state index is 9.68. The van der Waals surface area contributed by atoms with Crippen molar-refractivity contribution < 1.29 is 5.11 Å². The van der Waals surface area contributed by atoms with Gasteiger partial charge in [0, 0.05) is 6.61 Å². The summed E-state index contributed by atoms with van der Waals surface area (Å²) >= 11 is 0. The Morgan fingerprint density at radius 3 is 2.26 bits per heavy atom. The fraction of sp³-hybridized carbons (Fsp3) is 1.00. The van der Waals surface area contributed by atoms with Gasteiger partial charge in [0.2, 0.25) is 0 Å². The average molecular weight is 436 g/mol. The van der Waals surface area contributed by atoms with Crippen LogP contribution in [0.3, 0.4) is 0 Å². The van der Waals surface area contributed by atoms with E-state index in [0.29, 0.717) is 23.4 Å². The molecule has 31 heavy (non-hydrogen) atoms. The third-order valence-corrected chi connectivity index (χ3v) is 10.4. The van der Waals surface area contributed by atoms with Crippen molar-refractivity contribution in [1.82, 2.24) is 0 Å². The van der Waals surface area contributed by atoms with Gasteiger partial charge in [0.1, 0.15) is 0 Å². The van der Waals surface area contributed by atoms with E-state index in [1.807, 2.05) is 13.8 Å². The van der Waals surface area contributed by atoms with Crippen molar-refractivity contribution in [3.8, 4) is 0 Å². The SMILES string of the molecule is CC.CC(C)CCC[C@@H](C)C1CCC2C3CCC(CCO)[C@](C)(CCN)C3CCC21C. The molecule has 0 radical (unpaired) electrons. The van der Waals surface area contributed by atoms with Crippen LogP contribution in [0.2, 0.25) is 0 Å². The summed E-state index contributed by atoms with van der Waals surface area (Å²) in [6.45, 7) is 17.7. The number of rotatable bonds is 9. The monoisotopic (exact) mass is 435 g/mol. The van der Waals surface area contributed by atoms with Crippen LogP contribution < -0.4 is 5.73 Å². The van der Waals surface area contributed by atoms with Crippen LogP contribution in [0.5, 0.6) is 0 Å². The molecule has 2 heteroatoms. The van der Waals surface area contributed by atoms with Crippen molar-refractivity contribution in [1.29, 1.82) is 0 Å². The van der Waals surface area contributed by atoms with Crippen LogP contribution >= 0.6 is 0 Å². The molecule has 8 atom stereocenters. The second kappa shape index (κ2) is 11.9. The van der Waals surface area contributed by atoms with E-state index in [1.54, 1.807) is 0 Å². The average Bonchev–Trinajstić information content (AvgIpc) is 3.09. The van der Waals surface area contributed by atoms with E-state index in [9.17, 15) is 5.11 Å². The van der Waals surface area contributed by atoms with Crippen molar-refractivity contribution in [2.24, 2.45) is 58.0 Å². The van der Waals surface area contributed by atoms with E-state index in [-0.39, 0.29) is 0 Å². The summed E-state index contributed by atoms with van der Waals surface area (Å²) in [6, 6.07) is 0. The highest BCUT2D eigenvalue weighted by Gasteiger charge is 2.59. The first-order valence-corrected chi connectivity index (χ1v) is 14.1. The number of fused-ring (bicyclic) bond motifs is 3. The predicted octanol–water partition coefficient (Wildman–Crippen LogP) is 7.68. The van der Waals surface area contributed by atoms with Crippen LogP contribution in [-0.4, -0.2) is 18.3 Å². The Morgan fingerprint density at radius 1 is 0.935 bits per heavy atom. The van der Waals surface area contributed by atoms with Gasteiger partial charge in [-0.1, -0.05) is 67.7 Å². The Hall–Kier alpha value is -0.0800. The Balaban J connectivity index is 0.00000166. The van der Waals surface area contributed by atoms with Crippen molar-refractivity contribution >= 4 is 0 Å². The second-order valence-electron chi connectivity index (χ2n) is 12.2. The lowest BCUT2D eigenvalue weighted by Gasteiger charge is -2.59. The van der Waals surface area contributed by atoms with E-state index in [1.165, 1.54) is 57.8 Å². The van der Waals surface area contributed by atoms with Crippen molar-refractivity contribution in [3.63, 3.8) is 0 Å². The fourth-order valence-corrected chi connectivity index (χ4v) is 8.89. The van der Waals surface area contributed by atoms with Gasteiger partial charge in [0.15, 0.2) is 0 Å². The summed E-state index contributed by atoms with van der Waals surface area (Å²) in [5.41, 5.74) is 7.05. The molecule has 0 aromatic carbocycles. The van der Waals surface area contributed by atoms with Gasteiger partial charge in [-0.05, 0) is 110 Å². The zero-order valence-corrected chi connectivity index (χ0v) is 22.3. The van der Waals surface area contributed by atoms with Crippen LogP contribution in [0.1, 0.15) is 119 Å². The maximum Gasteiger partial charge on any atom is 0.0433 e. The van der Waals surface area contributed by atoms with Gasteiger partial charge in [0.25, 0.3) is 0 Å². The van der Waals surface area contributed by atoms with E-state index in [2.05, 4.69) is 34.6 Å². The Bertz CT molecular complexity index is 519. The van der Waals surface area contributed by atoms with Gasteiger partial charge in [-0.3, -0.25) is 0 Å². The predicted molar refractivity (Wildman–Crippen MR) is 136 cm³/mol. The molecule has 3 N–H and O–H groups in total. The molecule has 0 amide bonds. The number of hydrogen-bond donors (Lipinski definition) is 2. The summed E-state index contributed by atoms with van der Waals surface area (Å²) < 4.78 is 0. The molecule has 3 aliphatic rings. The largest absolute Gasteiger partial charge is 0.396 e. The van der Waals surface area contributed by atoms with Gasteiger partial charge >= 0.3 is 0 Å². The Labute approximate surface area is 195 Å². The van der Waals surface area contributed by atoms with Gasteiger partial charge in [-0.25, -0.2) is 0 Å². The highest BCUT2D eigenvalue weighted by molar-refractivity contribution is 5.08. The first-order valence-electron chi connectivity index (χ1n) is 14.1. The normalized spacial score (nSPS) is 40.6. The number of aliphatic hydroxyl groups is 1. The molecule has 0 aromatic heterocycles. The van der Waals surface area contributed by atoms with Crippen molar-refractivity contribution in [2.45, 2.75) is 119 Å². The third kappa shape index (κ3) is 5.53. The standard InChI is InChI=1S/C27H51NO.C2H6/c1-19(2)7-6-8-20(3)23-11-12-24-22-10-9-21(14-18-29)26(4,16-17-28)25(22)13-15-27(23,24)5;1-2/h19-25,29H,6-18,28H2,1-5H3;1-2H3/t20-,21?,22?,23?,24?,25?,26+,27?;/m1./s1. The molecule has 0 spiro atoms. The topological polar surface area (TPSA) is 46.2 Å². The molecular formula is C29H57NO. The fourth-order valence-electron chi connectivity index (χ4n) is 8.89. The minimum atomic E-state index is 0.347. The molecule has 184 valence electrons. The number of hydrogen-bond acceptors (Lipinski definition) is 2. The molecular weight excluding hydrogens is 378 g/mol. The smallest absolute Gasteiger partial charge is 0.0433 e. The van der Waals surface area contributed by atoms with E-state index < -0.39 is 0 Å². The van der Waals surface area contributed by atoms with Crippen molar-refractivity contribution in [2.75, 3.05) is 13.2 Å². The molecule has 2 nitrogen and oxygen atoms in total. The third-order valence-electron chi connectivity index (χ3n) is 10.4. The van der Waals surface area contributed by atoms with Gasteiger partial charge in [-0.2, -0.15) is 0 Å². The highest BCUT2D eigenvalue weighted by Crippen LogP contribution is 2.67. The Morgan fingerprint density at radius 2 is 1.65 bits per heavy atom. The van der Waals surface area contributed by atoms with Gasteiger partial charge in [-0.15, -0.1) is 0 Å². The molecule has 0 aliphatic heterocycles. The molecule has 0 saturated heterocycles. The summed E-state index contributed by atoms with van der Waals surface area (Å²) in [4.78, 5) is 0. The van der Waals surface area contributed by atoms with E-state index in [0.717, 1.165) is 54.9 Å². The van der Waals surface area contributed by atoms with Crippen LogP contribution in [0, 0.1) is 52.3 Å². The lowest BCUT2D eigenvalue weighted by molar-refractivity contribution is -0.106. The molecule has 6 unspecified atom stereocenters. The lowest BCUT2D eigenvalue weighted by atomic mass is 9.45. The zero-order valence-electron chi connectivity index (χ0n) is 22.3. The van der Waals surface area contributed by atoms with Crippen LogP contribution in [0.4, 0.5) is 0 Å². The summed E-state index contributed by atoms with van der Waals surface area (Å²) in [5.74, 6) is 6.04. The molecule has 3 saturated carbocycles. The lowest BCUT2D eigenvalue weighted by Crippen LogP contribution is -2.53. The number of nitrogens with two attached hydrogens (primary N) is 1. The molecule has 0 bridgehead atoms. The summed E-state index contributed by atoms with van der Waals surface area (Å²) in [7, 11) is 0. The number of aliphatic hydroxyl groups excluding tert-OH is 1. The van der Waals surface area contributed by atoms with Gasteiger partial charge in [0.05, 0.1) is 0 Å². The Kier molecular flexibility index (Phi) is 10.4. The van der Waals surface area contributed by atoms with E-state index in [4.69, 9.17) is 5.73 Å².